The molecular weight excluding hydrogens is 427 g/mol. The van der Waals surface area contributed by atoms with E-state index in [1.54, 1.807) is 6.92 Å². The van der Waals surface area contributed by atoms with Crippen LogP contribution in [0.15, 0.2) is 4.90 Å². The summed E-state index contributed by atoms with van der Waals surface area (Å²) in [6.07, 6.45) is 0.0961. The molecule has 0 saturated carbocycles. The maximum Gasteiger partial charge on any atom is 0.342 e. The van der Waals surface area contributed by atoms with Crippen LogP contribution in [0.1, 0.15) is 31.1 Å². The van der Waals surface area contributed by atoms with Crippen molar-refractivity contribution in [3.63, 3.8) is 0 Å². The fourth-order valence-corrected chi connectivity index (χ4v) is 4.61. The van der Waals surface area contributed by atoms with Gasteiger partial charge in [0.2, 0.25) is 0 Å². The van der Waals surface area contributed by atoms with Crippen LogP contribution >= 0.6 is 58.8 Å². The Bertz CT molecular complexity index is 680. The van der Waals surface area contributed by atoms with Crippen molar-refractivity contribution in [2.75, 3.05) is 19.7 Å². The lowest BCUT2D eigenvalue weighted by atomic mass is 10.2. The number of esters is 1. The second-order valence-corrected chi connectivity index (χ2v) is 8.20. The molecule has 25 heavy (non-hydrogen) atoms. The molecule has 2 heterocycles. The molecule has 1 aromatic heterocycles. The fraction of sp³-hybridized carbons (Fsp3) is 0.533. The van der Waals surface area contributed by atoms with Gasteiger partial charge in [0.05, 0.1) is 28.7 Å². The van der Waals surface area contributed by atoms with Gasteiger partial charge in [0.1, 0.15) is 15.0 Å². The Balaban J connectivity index is 2.34. The van der Waals surface area contributed by atoms with Crippen molar-refractivity contribution >= 4 is 69.1 Å². The van der Waals surface area contributed by atoms with Gasteiger partial charge >= 0.3 is 5.97 Å². The number of morpholine rings is 1. The lowest BCUT2D eigenvalue weighted by molar-refractivity contribution is -0.0465. The molecule has 1 aromatic rings. The Hall–Kier alpha value is -0.310. The van der Waals surface area contributed by atoms with Crippen LogP contribution in [0.25, 0.3) is 0 Å². The maximum absolute atomic E-state index is 12.3. The van der Waals surface area contributed by atoms with Crippen LogP contribution in [0, 0.1) is 0 Å². The number of thiocarbonyl (C=S) groups is 1. The van der Waals surface area contributed by atoms with Crippen LogP contribution in [-0.2, 0) is 9.47 Å². The minimum Gasteiger partial charge on any atom is -0.462 e. The molecule has 2 rings (SSSR count). The van der Waals surface area contributed by atoms with Crippen LogP contribution in [0.3, 0.4) is 0 Å². The van der Waals surface area contributed by atoms with Crippen LogP contribution in [0.2, 0.25) is 15.3 Å². The van der Waals surface area contributed by atoms with E-state index in [0.29, 0.717) is 22.3 Å². The van der Waals surface area contributed by atoms with Crippen molar-refractivity contribution in [1.82, 2.24) is 9.88 Å². The molecule has 1 fully saturated rings. The molecule has 10 heteroatoms. The van der Waals surface area contributed by atoms with Crippen LogP contribution < -0.4 is 0 Å². The van der Waals surface area contributed by atoms with E-state index in [2.05, 4.69) is 4.98 Å². The van der Waals surface area contributed by atoms with E-state index in [1.807, 2.05) is 18.7 Å². The summed E-state index contributed by atoms with van der Waals surface area (Å²) in [6, 6.07) is 0. The zero-order chi connectivity index (χ0) is 18.7. The minimum absolute atomic E-state index is 0.00808. The first kappa shape index (κ1) is 21.0. The fourth-order valence-electron chi connectivity index (χ4n) is 2.44. The van der Waals surface area contributed by atoms with Crippen LogP contribution in [-0.4, -0.2) is 52.1 Å². The summed E-state index contributed by atoms with van der Waals surface area (Å²) in [4.78, 5) is 18.5. The number of nitrogens with zero attached hydrogens (tertiary/aromatic N) is 2. The highest BCUT2D eigenvalue weighted by Crippen LogP contribution is 2.40. The largest absolute Gasteiger partial charge is 0.462 e. The Labute approximate surface area is 171 Å². The second kappa shape index (κ2) is 9.06. The third-order valence-electron chi connectivity index (χ3n) is 3.36. The number of aromatic nitrogens is 1. The van der Waals surface area contributed by atoms with Gasteiger partial charge in [0.15, 0.2) is 5.15 Å². The van der Waals surface area contributed by atoms with Crippen LogP contribution in [0.5, 0.6) is 0 Å². The molecule has 5 nitrogen and oxygen atoms in total. The zero-order valence-corrected chi connectivity index (χ0v) is 17.7. The van der Waals surface area contributed by atoms with Crippen molar-refractivity contribution < 1.29 is 14.3 Å². The zero-order valence-electron chi connectivity index (χ0n) is 13.8. The average Bonchev–Trinajstić information content (AvgIpc) is 2.51. The maximum atomic E-state index is 12.3. The molecule has 2 atom stereocenters. The number of ether oxygens (including phenoxy) is 2. The Morgan fingerprint density at radius 2 is 1.92 bits per heavy atom. The molecule has 0 bridgehead atoms. The van der Waals surface area contributed by atoms with E-state index in [0.717, 1.165) is 11.8 Å². The number of hydrogen-bond acceptors (Lipinski definition) is 6. The van der Waals surface area contributed by atoms with Gasteiger partial charge in [-0.05, 0) is 20.8 Å². The number of carbonyl (C=O) groups excluding carboxylic acids is 1. The molecule has 0 radical (unpaired) electrons. The molecule has 1 aliphatic heterocycles. The molecule has 0 aliphatic carbocycles. The summed E-state index contributed by atoms with van der Waals surface area (Å²) < 4.78 is 11.3. The number of hydrogen-bond donors (Lipinski definition) is 0. The van der Waals surface area contributed by atoms with Crippen molar-refractivity contribution in [2.45, 2.75) is 37.9 Å². The van der Waals surface area contributed by atoms with E-state index in [4.69, 9.17) is 56.5 Å². The number of rotatable bonds is 3. The molecule has 138 valence electrons. The second-order valence-electron chi connectivity index (χ2n) is 5.46. The summed E-state index contributed by atoms with van der Waals surface area (Å²) in [5.41, 5.74) is 0.0691. The molecule has 1 aliphatic rings. The number of halogens is 3. The van der Waals surface area contributed by atoms with E-state index >= 15 is 0 Å². The Kier molecular flexibility index (Phi) is 7.61. The van der Waals surface area contributed by atoms with Gasteiger partial charge < -0.3 is 14.4 Å². The van der Waals surface area contributed by atoms with Crippen molar-refractivity contribution in [2.24, 2.45) is 0 Å². The average molecular weight is 444 g/mol. The monoisotopic (exact) mass is 442 g/mol. The van der Waals surface area contributed by atoms with E-state index in [-0.39, 0.29) is 39.7 Å². The summed E-state index contributed by atoms with van der Waals surface area (Å²) in [7, 11) is 0. The van der Waals surface area contributed by atoms with Crippen molar-refractivity contribution in [3.8, 4) is 0 Å². The number of thioether (sulfide) groups is 1. The van der Waals surface area contributed by atoms with Crippen LogP contribution in [0.4, 0.5) is 0 Å². The lowest BCUT2D eigenvalue weighted by Crippen LogP contribution is -2.46. The quantitative estimate of drug-likeness (QED) is 0.290. The first-order valence-electron chi connectivity index (χ1n) is 7.58. The van der Waals surface area contributed by atoms with E-state index < -0.39 is 5.97 Å². The topological polar surface area (TPSA) is 51.7 Å². The third-order valence-corrected chi connectivity index (χ3v) is 6.03. The Morgan fingerprint density at radius 1 is 1.32 bits per heavy atom. The predicted molar refractivity (Wildman–Crippen MR) is 105 cm³/mol. The van der Waals surface area contributed by atoms with Gasteiger partial charge in [-0.2, -0.15) is 0 Å². The lowest BCUT2D eigenvalue weighted by Gasteiger charge is -2.36. The minimum atomic E-state index is -0.618. The number of carbonyl (C=O) groups is 1. The van der Waals surface area contributed by atoms with E-state index in [9.17, 15) is 4.79 Å². The summed E-state index contributed by atoms with van der Waals surface area (Å²) >= 11 is 25.1. The first-order valence-corrected chi connectivity index (χ1v) is 9.94. The Morgan fingerprint density at radius 3 is 2.48 bits per heavy atom. The molecule has 0 unspecified atom stereocenters. The van der Waals surface area contributed by atoms with Gasteiger partial charge in [-0.25, -0.2) is 9.78 Å². The van der Waals surface area contributed by atoms with Crippen molar-refractivity contribution in [1.29, 1.82) is 0 Å². The highest BCUT2D eigenvalue weighted by Gasteiger charge is 2.29. The number of pyridine rings is 1. The standard InChI is InChI=1S/C15H17Cl3N2O3S2/c1-4-22-14(21)9-11(10(16)13(18)19-12(9)17)25-15(24)20-5-7(2)23-8(3)6-20/h7-8H,4-6H2,1-3H3/t7-,8+. The molecule has 1 saturated heterocycles. The highest BCUT2D eigenvalue weighted by atomic mass is 35.5. The summed E-state index contributed by atoms with van der Waals surface area (Å²) in [6.45, 7) is 7.15. The molecule has 0 aromatic carbocycles. The van der Waals surface area contributed by atoms with Gasteiger partial charge in [-0.1, -0.05) is 58.8 Å². The first-order chi connectivity index (χ1) is 11.7. The highest BCUT2D eigenvalue weighted by molar-refractivity contribution is 8.23. The van der Waals surface area contributed by atoms with Gasteiger partial charge in [0.25, 0.3) is 0 Å². The summed E-state index contributed by atoms with van der Waals surface area (Å²) in [5.74, 6) is -0.618. The molecule has 0 amide bonds. The SMILES string of the molecule is CCOC(=O)c1c(Cl)nc(Cl)c(Cl)c1SC(=S)N1C[C@@H](C)O[C@@H](C)C1. The predicted octanol–water partition coefficient (Wildman–Crippen LogP) is 4.70. The smallest absolute Gasteiger partial charge is 0.342 e. The molecule has 0 N–H and O–H groups in total. The normalized spacial score (nSPS) is 20.5. The van der Waals surface area contributed by atoms with Gasteiger partial charge in [0, 0.05) is 13.1 Å². The van der Waals surface area contributed by atoms with Crippen molar-refractivity contribution in [3.05, 3.63) is 20.9 Å². The van der Waals surface area contributed by atoms with Gasteiger partial charge in [-0.15, -0.1) is 0 Å². The summed E-state index contributed by atoms with van der Waals surface area (Å²) in [5, 5.41) is 0.0615. The molecular formula is C15H17Cl3N2O3S2. The van der Waals surface area contributed by atoms with E-state index in [1.165, 1.54) is 0 Å². The third kappa shape index (κ3) is 5.11. The van der Waals surface area contributed by atoms with Gasteiger partial charge in [-0.3, -0.25) is 0 Å². The molecule has 0 spiro atoms.